The Labute approximate surface area is 63.2 Å². The molecule has 1 N–H and O–H groups in total. The molecular weight excluding hydrogens is 148 g/mol. The minimum Gasteiger partial charge on any atom is -0.366 e. The Bertz CT molecular complexity index is 189. The molecule has 0 aromatic carbocycles. The van der Waals surface area contributed by atoms with Gasteiger partial charge in [-0.1, -0.05) is 5.11 Å². The van der Waals surface area contributed by atoms with Crippen molar-refractivity contribution in [3.63, 3.8) is 0 Å². The second-order valence-electron chi connectivity index (χ2n) is 2.15. The first-order valence-electron chi connectivity index (χ1n) is 3.22. The number of amides is 1. The van der Waals surface area contributed by atoms with Crippen molar-refractivity contribution < 1.29 is 9.53 Å². The SMILES string of the molecule is [N-]=[N+]=NC[C@@H]1CNC(=O)CO1. The summed E-state index contributed by atoms with van der Waals surface area (Å²) in [5, 5.41) is 5.92. The number of rotatable bonds is 2. The zero-order valence-electron chi connectivity index (χ0n) is 5.86. The lowest BCUT2D eigenvalue weighted by molar-refractivity contribution is -0.132. The summed E-state index contributed by atoms with van der Waals surface area (Å²) in [6, 6.07) is 0. The van der Waals surface area contributed by atoms with Crippen molar-refractivity contribution in [3.05, 3.63) is 10.4 Å². The molecule has 6 heteroatoms. The molecule has 1 aliphatic heterocycles. The van der Waals surface area contributed by atoms with E-state index in [1.807, 2.05) is 0 Å². The number of azide groups is 1. The number of nitrogens with one attached hydrogen (secondary N) is 1. The molecule has 0 unspecified atom stereocenters. The highest BCUT2D eigenvalue weighted by Gasteiger charge is 2.16. The van der Waals surface area contributed by atoms with Crippen LogP contribution in [-0.4, -0.2) is 31.7 Å². The number of nitrogens with zero attached hydrogens (tertiary/aromatic N) is 3. The molecule has 1 atom stereocenters. The number of hydrogen-bond donors (Lipinski definition) is 1. The molecule has 0 radical (unpaired) electrons. The Morgan fingerprint density at radius 2 is 2.73 bits per heavy atom. The largest absolute Gasteiger partial charge is 0.366 e. The zero-order valence-corrected chi connectivity index (χ0v) is 5.86. The van der Waals surface area contributed by atoms with Gasteiger partial charge in [-0.2, -0.15) is 0 Å². The summed E-state index contributed by atoms with van der Waals surface area (Å²) in [4.78, 5) is 13.1. The highest BCUT2D eigenvalue weighted by atomic mass is 16.5. The summed E-state index contributed by atoms with van der Waals surface area (Å²) in [7, 11) is 0. The summed E-state index contributed by atoms with van der Waals surface area (Å²) >= 11 is 0. The van der Waals surface area contributed by atoms with E-state index in [9.17, 15) is 4.79 Å². The molecule has 1 rings (SSSR count). The van der Waals surface area contributed by atoms with Crippen LogP contribution < -0.4 is 5.32 Å². The van der Waals surface area contributed by atoms with E-state index in [1.165, 1.54) is 0 Å². The molecule has 1 amide bonds. The number of morpholine rings is 1. The van der Waals surface area contributed by atoms with Crippen molar-refractivity contribution in [2.45, 2.75) is 6.10 Å². The van der Waals surface area contributed by atoms with E-state index in [2.05, 4.69) is 15.3 Å². The highest BCUT2D eigenvalue weighted by Crippen LogP contribution is 1.96. The van der Waals surface area contributed by atoms with Crippen LogP contribution in [0, 0.1) is 0 Å². The van der Waals surface area contributed by atoms with Gasteiger partial charge in [-0.3, -0.25) is 4.79 Å². The maximum Gasteiger partial charge on any atom is 0.246 e. The van der Waals surface area contributed by atoms with Crippen LogP contribution in [0.2, 0.25) is 0 Å². The summed E-state index contributed by atoms with van der Waals surface area (Å²) in [5.74, 6) is -0.123. The van der Waals surface area contributed by atoms with E-state index in [1.54, 1.807) is 0 Å². The number of carbonyl (C=O) groups excluding carboxylic acids is 1. The third-order valence-electron chi connectivity index (χ3n) is 1.33. The first-order valence-corrected chi connectivity index (χ1v) is 3.22. The van der Waals surface area contributed by atoms with Crippen molar-refractivity contribution in [1.29, 1.82) is 0 Å². The minimum atomic E-state index is -0.163. The molecule has 0 aromatic heterocycles. The second-order valence-corrected chi connectivity index (χ2v) is 2.15. The van der Waals surface area contributed by atoms with Gasteiger partial charge in [-0.05, 0) is 5.53 Å². The number of ether oxygens (including phenoxy) is 1. The topological polar surface area (TPSA) is 87.1 Å². The van der Waals surface area contributed by atoms with E-state index in [4.69, 9.17) is 10.3 Å². The maximum atomic E-state index is 10.5. The molecule has 6 nitrogen and oxygen atoms in total. The van der Waals surface area contributed by atoms with Crippen LogP contribution in [0.4, 0.5) is 0 Å². The number of carbonyl (C=O) groups is 1. The van der Waals surface area contributed by atoms with Crippen molar-refractivity contribution in [2.24, 2.45) is 5.11 Å². The van der Waals surface area contributed by atoms with E-state index in [-0.39, 0.29) is 25.2 Å². The Kier molecular flexibility index (Phi) is 2.71. The maximum absolute atomic E-state index is 10.5. The van der Waals surface area contributed by atoms with Crippen LogP contribution in [-0.2, 0) is 9.53 Å². The van der Waals surface area contributed by atoms with Crippen molar-refractivity contribution in [1.82, 2.24) is 5.32 Å². The molecule has 0 spiro atoms. The van der Waals surface area contributed by atoms with Gasteiger partial charge < -0.3 is 10.1 Å². The van der Waals surface area contributed by atoms with Crippen molar-refractivity contribution in [3.8, 4) is 0 Å². The van der Waals surface area contributed by atoms with E-state index in [0.29, 0.717) is 6.54 Å². The number of hydrogen-bond acceptors (Lipinski definition) is 3. The van der Waals surface area contributed by atoms with Crippen LogP contribution in [0.25, 0.3) is 10.4 Å². The first-order chi connectivity index (χ1) is 5.33. The smallest absolute Gasteiger partial charge is 0.246 e. The highest BCUT2D eigenvalue weighted by molar-refractivity contribution is 5.77. The average molecular weight is 156 g/mol. The monoisotopic (exact) mass is 156 g/mol. The molecule has 0 saturated carbocycles. The molecule has 1 saturated heterocycles. The summed E-state index contributed by atoms with van der Waals surface area (Å²) < 4.78 is 5.02. The molecule has 1 fully saturated rings. The molecule has 1 aliphatic rings. The van der Waals surface area contributed by atoms with E-state index < -0.39 is 0 Å². The minimum absolute atomic E-state index is 0.0611. The van der Waals surface area contributed by atoms with Crippen LogP contribution in [0.3, 0.4) is 0 Å². The average Bonchev–Trinajstić information content (AvgIpc) is 2.04. The van der Waals surface area contributed by atoms with Crippen LogP contribution in [0.15, 0.2) is 5.11 Å². The van der Waals surface area contributed by atoms with Gasteiger partial charge in [0.05, 0.1) is 12.6 Å². The van der Waals surface area contributed by atoms with Gasteiger partial charge in [-0.15, -0.1) is 0 Å². The Hall–Kier alpha value is -1.26. The van der Waals surface area contributed by atoms with Gasteiger partial charge >= 0.3 is 0 Å². The van der Waals surface area contributed by atoms with Crippen molar-refractivity contribution >= 4 is 5.91 Å². The van der Waals surface area contributed by atoms with Gasteiger partial charge in [0.25, 0.3) is 0 Å². The predicted molar refractivity (Wildman–Crippen MR) is 36.8 cm³/mol. The van der Waals surface area contributed by atoms with Gasteiger partial charge in [-0.25, -0.2) is 0 Å². The molecule has 0 aromatic rings. The third kappa shape index (κ3) is 2.45. The van der Waals surface area contributed by atoms with E-state index in [0.717, 1.165) is 0 Å². The fourth-order valence-electron chi connectivity index (χ4n) is 0.776. The molecule has 11 heavy (non-hydrogen) atoms. The van der Waals surface area contributed by atoms with Crippen LogP contribution in [0.1, 0.15) is 0 Å². The Morgan fingerprint density at radius 3 is 3.27 bits per heavy atom. The quantitative estimate of drug-likeness (QED) is 0.341. The van der Waals surface area contributed by atoms with Gasteiger partial charge in [0.1, 0.15) is 6.61 Å². The lowest BCUT2D eigenvalue weighted by atomic mass is 10.3. The molecular formula is C5H8N4O2. The van der Waals surface area contributed by atoms with Gasteiger partial charge in [0.2, 0.25) is 5.91 Å². The first kappa shape index (κ1) is 7.84. The van der Waals surface area contributed by atoms with Gasteiger partial charge in [0.15, 0.2) is 0 Å². The fourth-order valence-corrected chi connectivity index (χ4v) is 0.776. The van der Waals surface area contributed by atoms with Crippen molar-refractivity contribution in [2.75, 3.05) is 19.7 Å². The second kappa shape index (κ2) is 3.80. The zero-order chi connectivity index (χ0) is 8.10. The Morgan fingerprint density at radius 1 is 1.91 bits per heavy atom. The van der Waals surface area contributed by atoms with Crippen LogP contribution >= 0.6 is 0 Å². The van der Waals surface area contributed by atoms with E-state index >= 15 is 0 Å². The van der Waals surface area contributed by atoms with Gasteiger partial charge in [0, 0.05) is 11.5 Å². The standard InChI is InChI=1S/C5H8N4O2/c6-9-8-2-4-1-7-5(10)3-11-4/h4H,1-3H2,(H,7,10)/t4-/m0/s1. The normalized spacial score (nSPS) is 23.6. The Balaban J connectivity index is 2.27. The summed E-state index contributed by atoms with van der Waals surface area (Å²) in [6.45, 7) is 0.764. The molecule has 60 valence electrons. The lowest BCUT2D eigenvalue weighted by Gasteiger charge is -2.21. The summed E-state index contributed by atoms with van der Waals surface area (Å²) in [6.07, 6.45) is -0.163. The molecule has 0 bridgehead atoms. The molecule has 1 heterocycles. The lowest BCUT2D eigenvalue weighted by Crippen LogP contribution is -2.44. The summed E-state index contributed by atoms with van der Waals surface area (Å²) in [5.41, 5.74) is 7.96. The molecule has 0 aliphatic carbocycles. The third-order valence-corrected chi connectivity index (χ3v) is 1.33. The fraction of sp³-hybridized carbons (Fsp3) is 0.800. The predicted octanol–water partition coefficient (Wildman–Crippen LogP) is -0.188. The van der Waals surface area contributed by atoms with Crippen LogP contribution in [0.5, 0.6) is 0 Å².